The summed E-state index contributed by atoms with van der Waals surface area (Å²) >= 11 is 3.10. The van der Waals surface area contributed by atoms with Crippen molar-refractivity contribution < 1.29 is 14.3 Å². The van der Waals surface area contributed by atoms with Gasteiger partial charge in [0.2, 0.25) is 0 Å². The summed E-state index contributed by atoms with van der Waals surface area (Å²) in [5, 5.41) is 9.84. The quantitative estimate of drug-likeness (QED) is 0.584. The second-order valence-corrected chi connectivity index (χ2v) is 8.83. The highest BCUT2D eigenvalue weighted by Crippen LogP contribution is 2.25. The molecule has 1 atom stereocenters. The lowest BCUT2D eigenvalue weighted by atomic mass is 10.1. The van der Waals surface area contributed by atoms with Crippen LogP contribution in [-0.2, 0) is 4.74 Å². The lowest BCUT2D eigenvalue weighted by Gasteiger charge is -2.34. The summed E-state index contributed by atoms with van der Waals surface area (Å²) < 4.78 is 5.47. The van der Waals surface area contributed by atoms with Crippen molar-refractivity contribution in [1.82, 2.24) is 10.2 Å². The molecule has 8 heteroatoms. The van der Waals surface area contributed by atoms with Crippen molar-refractivity contribution in [3.63, 3.8) is 0 Å². The van der Waals surface area contributed by atoms with Crippen LogP contribution >= 0.6 is 22.7 Å². The highest BCUT2D eigenvalue weighted by molar-refractivity contribution is 7.12. The molecule has 4 rings (SSSR count). The Morgan fingerprint density at radius 1 is 0.967 bits per heavy atom. The topological polar surface area (TPSA) is 70.7 Å². The van der Waals surface area contributed by atoms with Crippen molar-refractivity contribution in [2.24, 2.45) is 0 Å². The second kappa shape index (κ2) is 9.99. The summed E-state index contributed by atoms with van der Waals surface area (Å²) in [4.78, 5) is 29.1. The van der Waals surface area contributed by atoms with Gasteiger partial charge in [-0.05, 0) is 47.2 Å². The first-order chi connectivity index (χ1) is 14.7. The Labute approximate surface area is 183 Å². The number of thiophene rings is 2. The first-order valence-corrected chi connectivity index (χ1v) is 11.5. The third kappa shape index (κ3) is 5.14. The summed E-state index contributed by atoms with van der Waals surface area (Å²) in [6.45, 7) is 3.69. The van der Waals surface area contributed by atoms with E-state index in [-0.39, 0.29) is 17.9 Å². The molecule has 156 valence electrons. The van der Waals surface area contributed by atoms with Gasteiger partial charge in [0.25, 0.3) is 11.8 Å². The minimum atomic E-state index is -0.147. The zero-order valence-corrected chi connectivity index (χ0v) is 18.0. The van der Waals surface area contributed by atoms with E-state index in [1.807, 2.05) is 17.5 Å². The molecule has 2 aromatic heterocycles. The van der Waals surface area contributed by atoms with Crippen LogP contribution in [0.3, 0.4) is 0 Å². The van der Waals surface area contributed by atoms with E-state index in [0.29, 0.717) is 35.9 Å². The average molecular weight is 442 g/mol. The predicted octanol–water partition coefficient (Wildman–Crippen LogP) is 3.87. The Bertz CT molecular complexity index is 950. The minimum Gasteiger partial charge on any atom is -0.379 e. The van der Waals surface area contributed by atoms with Gasteiger partial charge in [-0.15, -0.1) is 22.7 Å². The molecule has 1 saturated heterocycles. The van der Waals surface area contributed by atoms with E-state index >= 15 is 0 Å². The molecule has 0 radical (unpaired) electrons. The molecule has 0 aliphatic carbocycles. The molecule has 0 saturated carbocycles. The second-order valence-electron chi connectivity index (χ2n) is 6.90. The van der Waals surface area contributed by atoms with Crippen molar-refractivity contribution >= 4 is 40.2 Å². The molecule has 6 nitrogen and oxygen atoms in total. The molecule has 1 aliphatic heterocycles. The zero-order chi connectivity index (χ0) is 20.8. The fourth-order valence-electron chi connectivity index (χ4n) is 3.38. The summed E-state index contributed by atoms with van der Waals surface area (Å²) in [6.07, 6.45) is 0. The minimum absolute atomic E-state index is 0.124. The molecule has 2 amide bonds. The molecule has 2 N–H and O–H groups in total. The zero-order valence-electron chi connectivity index (χ0n) is 16.4. The number of morpholine rings is 1. The van der Waals surface area contributed by atoms with Crippen LogP contribution in [-0.4, -0.2) is 49.6 Å². The fourth-order valence-corrected chi connectivity index (χ4v) is 4.86. The number of benzene rings is 1. The maximum atomic E-state index is 12.7. The van der Waals surface area contributed by atoms with Gasteiger partial charge < -0.3 is 15.4 Å². The van der Waals surface area contributed by atoms with Crippen LogP contribution in [0, 0.1) is 0 Å². The number of carbonyl (C=O) groups is 2. The van der Waals surface area contributed by atoms with Gasteiger partial charge in [0, 0.05) is 35.8 Å². The molecule has 3 heterocycles. The molecule has 1 unspecified atom stereocenters. The normalized spacial score (nSPS) is 15.5. The summed E-state index contributed by atoms with van der Waals surface area (Å²) in [6, 6.07) is 14.9. The Kier molecular flexibility index (Phi) is 6.91. The van der Waals surface area contributed by atoms with Crippen LogP contribution in [0.5, 0.6) is 0 Å². The monoisotopic (exact) mass is 441 g/mol. The summed E-state index contributed by atoms with van der Waals surface area (Å²) in [5.41, 5.74) is 1.23. The van der Waals surface area contributed by atoms with Gasteiger partial charge in [-0.1, -0.05) is 12.1 Å². The van der Waals surface area contributed by atoms with Crippen molar-refractivity contribution in [1.29, 1.82) is 0 Å². The van der Waals surface area contributed by atoms with Crippen LogP contribution in [0.2, 0.25) is 0 Å². The first kappa shape index (κ1) is 20.7. The Morgan fingerprint density at radius 3 is 2.37 bits per heavy atom. The number of amides is 2. The van der Waals surface area contributed by atoms with Crippen molar-refractivity contribution in [2.45, 2.75) is 6.04 Å². The number of anilines is 1. The van der Waals surface area contributed by atoms with Crippen molar-refractivity contribution in [3.8, 4) is 0 Å². The van der Waals surface area contributed by atoms with Crippen LogP contribution in [0.25, 0.3) is 0 Å². The Balaban J connectivity index is 1.36. The lowest BCUT2D eigenvalue weighted by molar-refractivity contribution is 0.0169. The predicted molar refractivity (Wildman–Crippen MR) is 120 cm³/mol. The van der Waals surface area contributed by atoms with Gasteiger partial charge in [0.1, 0.15) is 0 Å². The standard InChI is InChI=1S/C22H23N3O3S2/c26-21(16-5-7-17(8-6-16)24-22(27)20-4-2-14-30-20)23-15-18(19-3-1-13-29-19)25-9-11-28-12-10-25/h1-8,13-14,18H,9-12,15H2,(H,23,26)(H,24,27). The van der Waals surface area contributed by atoms with E-state index in [1.165, 1.54) is 16.2 Å². The average Bonchev–Trinajstić information content (AvgIpc) is 3.50. The number of rotatable bonds is 7. The number of carbonyl (C=O) groups excluding carboxylic acids is 2. The maximum absolute atomic E-state index is 12.7. The van der Waals surface area contributed by atoms with E-state index < -0.39 is 0 Å². The summed E-state index contributed by atoms with van der Waals surface area (Å²) in [5.74, 6) is -0.271. The maximum Gasteiger partial charge on any atom is 0.265 e. The Hall–Kier alpha value is -2.52. The molecular formula is C22H23N3O3S2. The van der Waals surface area contributed by atoms with E-state index in [9.17, 15) is 9.59 Å². The van der Waals surface area contributed by atoms with Gasteiger partial charge in [-0.25, -0.2) is 0 Å². The van der Waals surface area contributed by atoms with Crippen LogP contribution in [0.4, 0.5) is 5.69 Å². The van der Waals surface area contributed by atoms with E-state index in [4.69, 9.17) is 4.74 Å². The van der Waals surface area contributed by atoms with Gasteiger partial charge in [-0.3, -0.25) is 14.5 Å². The SMILES string of the molecule is O=C(NCC(c1cccs1)N1CCOCC1)c1ccc(NC(=O)c2cccs2)cc1. The third-order valence-electron chi connectivity index (χ3n) is 4.96. The molecule has 0 bridgehead atoms. The Morgan fingerprint density at radius 2 is 1.70 bits per heavy atom. The molecule has 30 heavy (non-hydrogen) atoms. The number of nitrogens with one attached hydrogen (secondary N) is 2. The fraction of sp³-hybridized carbons (Fsp3) is 0.273. The van der Waals surface area contributed by atoms with E-state index in [2.05, 4.69) is 27.0 Å². The molecular weight excluding hydrogens is 418 g/mol. The van der Waals surface area contributed by atoms with Gasteiger partial charge in [0.15, 0.2) is 0 Å². The van der Waals surface area contributed by atoms with Gasteiger partial charge >= 0.3 is 0 Å². The van der Waals surface area contributed by atoms with Crippen LogP contribution in [0.15, 0.2) is 59.3 Å². The van der Waals surface area contributed by atoms with Crippen molar-refractivity contribution in [3.05, 3.63) is 74.6 Å². The molecule has 1 aliphatic rings. The first-order valence-electron chi connectivity index (χ1n) is 9.79. The molecule has 1 aromatic carbocycles. The lowest BCUT2D eigenvalue weighted by Crippen LogP contribution is -2.43. The summed E-state index contributed by atoms with van der Waals surface area (Å²) in [7, 11) is 0. The number of hydrogen-bond acceptors (Lipinski definition) is 6. The van der Waals surface area contributed by atoms with Gasteiger partial charge in [-0.2, -0.15) is 0 Å². The third-order valence-corrected chi connectivity index (χ3v) is 6.81. The largest absolute Gasteiger partial charge is 0.379 e. The number of ether oxygens (including phenoxy) is 1. The van der Waals surface area contributed by atoms with Crippen LogP contribution in [0.1, 0.15) is 30.9 Å². The highest BCUT2D eigenvalue weighted by atomic mass is 32.1. The highest BCUT2D eigenvalue weighted by Gasteiger charge is 2.24. The van der Waals surface area contributed by atoms with E-state index in [0.717, 1.165) is 13.1 Å². The number of hydrogen-bond donors (Lipinski definition) is 2. The van der Waals surface area contributed by atoms with Crippen molar-refractivity contribution in [2.75, 3.05) is 38.2 Å². The molecule has 3 aromatic rings. The smallest absolute Gasteiger partial charge is 0.265 e. The molecule has 0 spiro atoms. The van der Waals surface area contributed by atoms with E-state index in [1.54, 1.807) is 41.7 Å². The number of nitrogens with zero attached hydrogens (tertiary/aromatic N) is 1. The molecule has 1 fully saturated rings. The van der Waals surface area contributed by atoms with Crippen LogP contribution < -0.4 is 10.6 Å². The van der Waals surface area contributed by atoms with Gasteiger partial charge in [0.05, 0.1) is 24.1 Å².